The molecule has 2 N–H and O–H groups in total. The molecule has 5 heteroatoms. The van der Waals surface area contributed by atoms with Crippen molar-refractivity contribution in [3.8, 4) is 0 Å². The predicted octanol–water partition coefficient (Wildman–Crippen LogP) is 1.18. The van der Waals surface area contributed by atoms with Gasteiger partial charge in [-0.05, 0) is 39.7 Å². The fourth-order valence-corrected chi connectivity index (χ4v) is 2.89. The molecule has 0 unspecified atom stereocenters. The molecule has 0 aromatic carbocycles. The lowest BCUT2D eigenvalue weighted by Crippen LogP contribution is -2.45. The molecular formula is C10H24N2O2S. The third-order valence-corrected chi connectivity index (χ3v) is 5.12. The minimum Gasteiger partial charge on any atom is -0.330 e. The average Bonchev–Trinajstić information content (AvgIpc) is 2.17. The number of nitrogens with two attached hydrogens (primary N) is 1. The summed E-state index contributed by atoms with van der Waals surface area (Å²) in [5, 5.41) is 0. The van der Waals surface area contributed by atoms with Gasteiger partial charge in [0, 0.05) is 12.6 Å². The van der Waals surface area contributed by atoms with Gasteiger partial charge in [0.15, 0.2) is 0 Å². The Balaban J connectivity index is 4.46. The Morgan fingerprint density at radius 1 is 1.27 bits per heavy atom. The molecule has 0 heterocycles. The Bertz CT molecular complexity index is 273. The highest BCUT2D eigenvalue weighted by atomic mass is 32.2. The number of sulfonamides is 1. The van der Waals surface area contributed by atoms with Crippen molar-refractivity contribution in [3.05, 3.63) is 0 Å². The summed E-state index contributed by atoms with van der Waals surface area (Å²) >= 11 is 0. The summed E-state index contributed by atoms with van der Waals surface area (Å²) < 4.78 is 25.3. The van der Waals surface area contributed by atoms with Crippen molar-refractivity contribution in [2.75, 3.05) is 19.3 Å². The Hall–Kier alpha value is -0.130. The first-order valence-electron chi connectivity index (χ1n) is 5.44. The Morgan fingerprint density at radius 2 is 1.80 bits per heavy atom. The summed E-state index contributed by atoms with van der Waals surface area (Å²) in [5.41, 5.74) is 5.03. The zero-order chi connectivity index (χ0) is 12.1. The monoisotopic (exact) mass is 236 g/mol. The SMILES string of the molecule is CCC(C)(C)N(C)S(=O)(=O)CCCCN. The Labute approximate surface area is 93.9 Å². The molecule has 0 aliphatic heterocycles. The van der Waals surface area contributed by atoms with Crippen molar-refractivity contribution in [3.63, 3.8) is 0 Å². The molecule has 0 aliphatic rings. The molecular weight excluding hydrogens is 212 g/mol. The number of hydrogen-bond acceptors (Lipinski definition) is 3. The van der Waals surface area contributed by atoms with Gasteiger partial charge in [0.2, 0.25) is 10.0 Å². The fraction of sp³-hybridized carbons (Fsp3) is 1.00. The maximum atomic E-state index is 11.9. The molecule has 0 saturated carbocycles. The van der Waals surface area contributed by atoms with Crippen molar-refractivity contribution in [1.29, 1.82) is 0 Å². The van der Waals surface area contributed by atoms with E-state index in [1.807, 2.05) is 20.8 Å². The van der Waals surface area contributed by atoms with Crippen molar-refractivity contribution in [1.82, 2.24) is 4.31 Å². The van der Waals surface area contributed by atoms with E-state index in [0.29, 0.717) is 13.0 Å². The van der Waals surface area contributed by atoms with Gasteiger partial charge in [0.1, 0.15) is 0 Å². The van der Waals surface area contributed by atoms with Crippen molar-refractivity contribution in [2.45, 2.75) is 45.6 Å². The third kappa shape index (κ3) is 4.49. The van der Waals surface area contributed by atoms with E-state index < -0.39 is 10.0 Å². The van der Waals surface area contributed by atoms with E-state index in [0.717, 1.165) is 12.8 Å². The quantitative estimate of drug-likeness (QED) is 0.675. The van der Waals surface area contributed by atoms with Gasteiger partial charge in [0.05, 0.1) is 5.75 Å². The van der Waals surface area contributed by atoms with Crippen LogP contribution in [0.25, 0.3) is 0 Å². The van der Waals surface area contributed by atoms with E-state index in [1.54, 1.807) is 7.05 Å². The topological polar surface area (TPSA) is 63.4 Å². The van der Waals surface area contributed by atoms with E-state index in [-0.39, 0.29) is 11.3 Å². The van der Waals surface area contributed by atoms with Crippen LogP contribution in [0.4, 0.5) is 0 Å². The number of nitrogens with zero attached hydrogens (tertiary/aromatic N) is 1. The molecule has 0 aliphatic carbocycles. The second-order valence-electron chi connectivity index (χ2n) is 4.45. The van der Waals surface area contributed by atoms with E-state index in [1.165, 1.54) is 4.31 Å². The first kappa shape index (κ1) is 14.9. The second-order valence-corrected chi connectivity index (χ2v) is 6.57. The van der Waals surface area contributed by atoms with Gasteiger partial charge in [-0.2, -0.15) is 4.31 Å². The van der Waals surface area contributed by atoms with Gasteiger partial charge in [-0.1, -0.05) is 6.92 Å². The lowest BCUT2D eigenvalue weighted by molar-refractivity contribution is 0.257. The van der Waals surface area contributed by atoms with Crippen molar-refractivity contribution < 1.29 is 8.42 Å². The third-order valence-electron chi connectivity index (χ3n) is 2.99. The molecule has 15 heavy (non-hydrogen) atoms. The molecule has 0 spiro atoms. The molecule has 92 valence electrons. The smallest absolute Gasteiger partial charge is 0.214 e. The normalized spacial score (nSPS) is 13.5. The van der Waals surface area contributed by atoms with Gasteiger partial charge in [-0.15, -0.1) is 0 Å². The van der Waals surface area contributed by atoms with Crippen LogP contribution in [0.5, 0.6) is 0 Å². The summed E-state index contributed by atoms with van der Waals surface area (Å²) in [5.74, 6) is 0.199. The van der Waals surface area contributed by atoms with Gasteiger partial charge >= 0.3 is 0 Å². The zero-order valence-corrected chi connectivity index (χ0v) is 11.1. The predicted molar refractivity (Wildman–Crippen MR) is 64.2 cm³/mol. The first-order valence-corrected chi connectivity index (χ1v) is 7.05. The highest BCUT2D eigenvalue weighted by molar-refractivity contribution is 7.89. The molecule has 4 nitrogen and oxygen atoms in total. The maximum absolute atomic E-state index is 11.9. The largest absolute Gasteiger partial charge is 0.330 e. The van der Waals surface area contributed by atoms with Crippen LogP contribution in [0.2, 0.25) is 0 Å². The molecule has 0 atom stereocenters. The Kier molecular flexibility index (Phi) is 5.77. The van der Waals surface area contributed by atoms with Crippen LogP contribution < -0.4 is 5.73 Å². The van der Waals surface area contributed by atoms with Gasteiger partial charge < -0.3 is 5.73 Å². The second kappa shape index (κ2) is 5.82. The summed E-state index contributed by atoms with van der Waals surface area (Å²) in [6.07, 6.45) is 2.21. The minimum absolute atomic E-state index is 0.199. The minimum atomic E-state index is -3.12. The zero-order valence-electron chi connectivity index (χ0n) is 10.3. The van der Waals surface area contributed by atoms with Gasteiger partial charge in [-0.3, -0.25) is 0 Å². The first-order chi connectivity index (χ1) is 6.78. The van der Waals surface area contributed by atoms with Gasteiger partial charge in [0.25, 0.3) is 0 Å². The van der Waals surface area contributed by atoms with E-state index in [2.05, 4.69) is 0 Å². The van der Waals surface area contributed by atoms with Crippen molar-refractivity contribution >= 4 is 10.0 Å². The number of rotatable bonds is 7. The highest BCUT2D eigenvalue weighted by Crippen LogP contribution is 2.20. The fourth-order valence-electron chi connectivity index (χ4n) is 1.16. The molecule has 0 saturated heterocycles. The molecule has 0 amide bonds. The molecule has 0 bridgehead atoms. The Morgan fingerprint density at radius 3 is 2.20 bits per heavy atom. The molecule has 0 radical (unpaired) electrons. The lowest BCUT2D eigenvalue weighted by Gasteiger charge is -2.33. The number of hydrogen-bond donors (Lipinski definition) is 1. The van der Waals surface area contributed by atoms with Gasteiger partial charge in [-0.25, -0.2) is 8.42 Å². The van der Waals surface area contributed by atoms with Crippen LogP contribution in [-0.2, 0) is 10.0 Å². The molecule has 0 aromatic rings. The average molecular weight is 236 g/mol. The van der Waals surface area contributed by atoms with Crippen molar-refractivity contribution in [2.24, 2.45) is 5.73 Å². The maximum Gasteiger partial charge on any atom is 0.214 e. The van der Waals surface area contributed by atoms with Crippen LogP contribution in [0.3, 0.4) is 0 Å². The molecule has 0 fully saturated rings. The van der Waals surface area contributed by atoms with Crippen LogP contribution in [0.1, 0.15) is 40.0 Å². The summed E-state index contributed by atoms with van der Waals surface area (Å²) in [4.78, 5) is 0. The van der Waals surface area contributed by atoms with E-state index >= 15 is 0 Å². The molecule has 0 aromatic heterocycles. The summed E-state index contributed by atoms with van der Waals surface area (Å²) in [7, 11) is -1.47. The van der Waals surface area contributed by atoms with Crippen LogP contribution in [0, 0.1) is 0 Å². The van der Waals surface area contributed by atoms with E-state index in [4.69, 9.17) is 5.73 Å². The van der Waals surface area contributed by atoms with Crippen LogP contribution >= 0.6 is 0 Å². The van der Waals surface area contributed by atoms with E-state index in [9.17, 15) is 8.42 Å². The summed E-state index contributed by atoms with van der Waals surface area (Å²) in [6, 6.07) is 0. The van der Waals surface area contributed by atoms with Crippen LogP contribution in [-0.4, -0.2) is 37.6 Å². The standard InChI is InChI=1S/C10H24N2O2S/c1-5-10(2,3)12(4)15(13,14)9-7-6-8-11/h5-9,11H2,1-4H3. The van der Waals surface area contributed by atoms with Crippen LogP contribution in [0.15, 0.2) is 0 Å². The molecule has 0 rings (SSSR count). The summed E-state index contributed by atoms with van der Waals surface area (Å²) in [6.45, 7) is 6.42. The highest BCUT2D eigenvalue weighted by Gasteiger charge is 2.30. The lowest BCUT2D eigenvalue weighted by atomic mass is 10.0. The number of unbranched alkanes of at least 4 members (excludes halogenated alkanes) is 1.